The number of ether oxygens (including phenoxy) is 2. The minimum absolute atomic E-state index is 0.0636. The van der Waals surface area contributed by atoms with Crippen molar-refractivity contribution in [1.29, 1.82) is 0 Å². The van der Waals surface area contributed by atoms with Gasteiger partial charge in [0.15, 0.2) is 0 Å². The van der Waals surface area contributed by atoms with Crippen molar-refractivity contribution in [3.05, 3.63) is 29.8 Å². The summed E-state index contributed by atoms with van der Waals surface area (Å²) in [6, 6.07) is 6.80. The second-order valence-corrected chi connectivity index (χ2v) is 6.67. The van der Waals surface area contributed by atoms with Gasteiger partial charge in [0.2, 0.25) is 10.0 Å². The van der Waals surface area contributed by atoms with E-state index in [0.29, 0.717) is 13.2 Å². The number of hydrogen-bond acceptors (Lipinski definition) is 5. The molecule has 1 aromatic carbocycles. The topological polar surface area (TPSA) is 90.6 Å². The highest BCUT2D eigenvalue weighted by molar-refractivity contribution is 7.89. The van der Waals surface area contributed by atoms with Gasteiger partial charge in [0.1, 0.15) is 0 Å². The minimum atomic E-state index is -3.63. The fraction of sp³-hybridized carbons (Fsp3) is 0.571. The van der Waals surface area contributed by atoms with Crippen molar-refractivity contribution in [2.45, 2.75) is 43.0 Å². The molecule has 0 bridgehead atoms. The van der Waals surface area contributed by atoms with Crippen LogP contribution in [-0.2, 0) is 26.0 Å². The van der Waals surface area contributed by atoms with Gasteiger partial charge >= 0.3 is 0 Å². The smallest absolute Gasteiger partial charge is 0.238 e. The molecule has 1 fully saturated rings. The second kappa shape index (κ2) is 6.85. The van der Waals surface area contributed by atoms with Crippen LogP contribution in [0.3, 0.4) is 0 Å². The van der Waals surface area contributed by atoms with Crippen LogP contribution in [0.1, 0.15) is 18.9 Å². The Balaban J connectivity index is 1.87. The van der Waals surface area contributed by atoms with E-state index in [-0.39, 0.29) is 23.1 Å². The second-order valence-electron chi connectivity index (χ2n) is 5.11. The van der Waals surface area contributed by atoms with E-state index >= 15 is 0 Å². The SMILES string of the molecule is CCOC1CC(NCc2ccc(S(N)(=O)=O)cc2)C1OC. The van der Waals surface area contributed by atoms with Crippen LogP contribution in [0.25, 0.3) is 0 Å². The van der Waals surface area contributed by atoms with Crippen LogP contribution in [0.15, 0.2) is 29.2 Å². The summed E-state index contributed by atoms with van der Waals surface area (Å²) in [7, 11) is -1.94. The highest BCUT2D eigenvalue weighted by Crippen LogP contribution is 2.27. The van der Waals surface area contributed by atoms with Gasteiger partial charge in [-0.05, 0) is 31.0 Å². The number of methoxy groups -OCH3 is 1. The Labute approximate surface area is 125 Å². The number of hydrogen-bond donors (Lipinski definition) is 2. The van der Waals surface area contributed by atoms with Crippen molar-refractivity contribution >= 4 is 10.0 Å². The van der Waals surface area contributed by atoms with Gasteiger partial charge in [-0.1, -0.05) is 12.1 Å². The molecule has 1 aliphatic rings. The number of nitrogens with one attached hydrogen (secondary N) is 1. The number of primary sulfonamides is 1. The van der Waals surface area contributed by atoms with E-state index < -0.39 is 10.0 Å². The molecule has 1 aromatic rings. The zero-order valence-electron chi connectivity index (χ0n) is 12.3. The Morgan fingerprint density at radius 3 is 2.52 bits per heavy atom. The summed E-state index contributed by atoms with van der Waals surface area (Å²) in [5, 5.41) is 8.46. The van der Waals surface area contributed by atoms with Gasteiger partial charge in [0.05, 0.1) is 17.1 Å². The standard InChI is InChI=1S/C14H22N2O4S/c1-3-20-13-8-12(14(13)19-2)16-9-10-4-6-11(7-5-10)21(15,17)18/h4-7,12-14,16H,3,8-9H2,1-2H3,(H2,15,17,18). The maximum absolute atomic E-state index is 11.2. The molecule has 2 rings (SSSR count). The molecule has 0 spiro atoms. The van der Waals surface area contributed by atoms with E-state index in [1.54, 1.807) is 19.2 Å². The van der Waals surface area contributed by atoms with E-state index in [1.165, 1.54) is 12.1 Å². The predicted octanol–water partition coefficient (Wildman–Crippen LogP) is 0.616. The molecule has 0 saturated heterocycles. The summed E-state index contributed by atoms with van der Waals surface area (Å²) < 4.78 is 33.4. The van der Waals surface area contributed by atoms with Crippen molar-refractivity contribution in [3.63, 3.8) is 0 Å². The van der Waals surface area contributed by atoms with Crippen molar-refractivity contribution in [1.82, 2.24) is 5.32 Å². The highest BCUT2D eigenvalue weighted by Gasteiger charge is 2.41. The van der Waals surface area contributed by atoms with E-state index in [9.17, 15) is 8.42 Å². The molecule has 0 amide bonds. The highest BCUT2D eigenvalue weighted by atomic mass is 32.2. The maximum Gasteiger partial charge on any atom is 0.238 e. The summed E-state index contributed by atoms with van der Waals surface area (Å²) in [5.74, 6) is 0. The third-order valence-electron chi connectivity index (χ3n) is 3.72. The monoisotopic (exact) mass is 314 g/mol. The molecule has 1 aliphatic carbocycles. The number of sulfonamides is 1. The molecule has 7 heteroatoms. The molecule has 0 heterocycles. The van der Waals surface area contributed by atoms with Crippen LogP contribution < -0.4 is 10.5 Å². The van der Waals surface area contributed by atoms with Gasteiger partial charge in [0, 0.05) is 26.3 Å². The summed E-state index contributed by atoms with van der Waals surface area (Å²) in [5.41, 5.74) is 0.997. The molecule has 118 valence electrons. The van der Waals surface area contributed by atoms with E-state index in [4.69, 9.17) is 14.6 Å². The molecular formula is C14H22N2O4S. The zero-order valence-corrected chi connectivity index (χ0v) is 13.1. The first-order valence-electron chi connectivity index (χ1n) is 6.95. The van der Waals surface area contributed by atoms with E-state index in [2.05, 4.69) is 5.32 Å². The average molecular weight is 314 g/mol. The van der Waals surface area contributed by atoms with Crippen LogP contribution in [0.5, 0.6) is 0 Å². The van der Waals surface area contributed by atoms with Gasteiger partial charge in [-0.25, -0.2) is 13.6 Å². The molecule has 21 heavy (non-hydrogen) atoms. The Morgan fingerprint density at radius 2 is 2.00 bits per heavy atom. The lowest BCUT2D eigenvalue weighted by atomic mass is 9.85. The zero-order chi connectivity index (χ0) is 15.5. The first-order chi connectivity index (χ1) is 9.95. The van der Waals surface area contributed by atoms with Crippen LogP contribution in [-0.4, -0.2) is 40.4 Å². The first-order valence-corrected chi connectivity index (χ1v) is 8.50. The Morgan fingerprint density at radius 1 is 1.33 bits per heavy atom. The summed E-state index contributed by atoms with van der Waals surface area (Å²) in [6.07, 6.45) is 1.14. The fourth-order valence-corrected chi connectivity index (χ4v) is 3.04. The van der Waals surface area contributed by atoms with Crippen molar-refractivity contribution in [2.24, 2.45) is 5.14 Å². The Bertz CT molecular complexity index is 559. The molecule has 6 nitrogen and oxygen atoms in total. The lowest BCUT2D eigenvalue weighted by Crippen LogP contribution is -2.59. The minimum Gasteiger partial charge on any atom is -0.377 e. The first kappa shape index (κ1) is 16.4. The quantitative estimate of drug-likeness (QED) is 0.770. The largest absolute Gasteiger partial charge is 0.377 e. The van der Waals surface area contributed by atoms with Gasteiger partial charge in [-0.3, -0.25) is 0 Å². The molecule has 0 aliphatic heterocycles. The molecule has 0 radical (unpaired) electrons. The normalized spacial score (nSPS) is 25.6. The van der Waals surface area contributed by atoms with Crippen molar-refractivity contribution in [2.75, 3.05) is 13.7 Å². The summed E-state index contributed by atoms with van der Waals surface area (Å²) in [6.45, 7) is 3.31. The van der Waals surface area contributed by atoms with Crippen LogP contribution >= 0.6 is 0 Å². The lowest BCUT2D eigenvalue weighted by Gasteiger charge is -2.43. The molecule has 0 aromatic heterocycles. The van der Waals surface area contributed by atoms with E-state index in [0.717, 1.165) is 12.0 Å². The maximum atomic E-state index is 11.2. The van der Waals surface area contributed by atoms with Crippen LogP contribution in [0.2, 0.25) is 0 Å². The summed E-state index contributed by atoms with van der Waals surface area (Å²) in [4.78, 5) is 0.126. The summed E-state index contributed by atoms with van der Waals surface area (Å²) >= 11 is 0. The number of rotatable bonds is 7. The van der Waals surface area contributed by atoms with E-state index in [1.807, 2.05) is 6.92 Å². The number of benzene rings is 1. The van der Waals surface area contributed by atoms with Crippen molar-refractivity contribution in [3.8, 4) is 0 Å². The third kappa shape index (κ3) is 4.02. The van der Waals surface area contributed by atoms with Crippen LogP contribution in [0, 0.1) is 0 Å². The molecule has 3 unspecified atom stereocenters. The third-order valence-corrected chi connectivity index (χ3v) is 4.65. The van der Waals surface area contributed by atoms with Crippen LogP contribution in [0.4, 0.5) is 0 Å². The Kier molecular flexibility index (Phi) is 5.34. The van der Waals surface area contributed by atoms with Crippen molar-refractivity contribution < 1.29 is 17.9 Å². The molecule has 1 saturated carbocycles. The predicted molar refractivity (Wildman–Crippen MR) is 79.3 cm³/mol. The Hall–Kier alpha value is -0.990. The fourth-order valence-electron chi connectivity index (χ4n) is 2.52. The number of nitrogens with two attached hydrogens (primary N) is 1. The lowest BCUT2D eigenvalue weighted by molar-refractivity contribution is -0.131. The average Bonchev–Trinajstić information content (AvgIpc) is 2.42. The molecular weight excluding hydrogens is 292 g/mol. The van der Waals surface area contributed by atoms with Gasteiger partial charge in [-0.15, -0.1) is 0 Å². The van der Waals surface area contributed by atoms with Gasteiger partial charge in [0.25, 0.3) is 0 Å². The molecule has 3 atom stereocenters. The van der Waals surface area contributed by atoms with Gasteiger partial charge < -0.3 is 14.8 Å². The van der Waals surface area contributed by atoms with Gasteiger partial charge in [-0.2, -0.15) is 0 Å². The molecule has 3 N–H and O–H groups in total.